The highest BCUT2D eigenvalue weighted by Crippen LogP contribution is 2.18. The zero-order chi connectivity index (χ0) is 16.5. The summed E-state index contributed by atoms with van der Waals surface area (Å²) < 4.78 is 2.86. The van der Waals surface area contributed by atoms with Gasteiger partial charge in [-0.1, -0.05) is 67.3 Å². The average molecular weight is 321 g/mol. The van der Waals surface area contributed by atoms with E-state index in [1.807, 2.05) is 73.7 Å². The first-order valence-electron chi connectivity index (χ1n) is 7.31. The lowest BCUT2D eigenvalue weighted by Crippen LogP contribution is -2.17. The molecular weight excluding hydrogens is 302 g/mol. The Morgan fingerprint density at radius 3 is 2.26 bits per heavy atom. The van der Waals surface area contributed by atoms with E-state index in [9.17, 15) is 4.79 Å². The van der Waals surface area contributed by atoms with Crippen LogP contribution in [-0.2, 0) is 4.79 Å². The summed E-state index contributed by atoms with van der Waals surface area (Å²) in [5, 5.41) is 0. The first-order valence-corrected chi connectivity index (χ1v) is 8.13. The van der Waals surface area contributed by atoms with Crippen LogP contribution >= 0.6 is 11.9 Å². The number of rotatable bonds is 6. The molecule has 2 aromatic rings. The number of benzene rings is 2. The molecule has 0 spiro atoms. The SMILES string of the molecule is C=C(/C=C(\C=C/C)C(=O)NSc1ccccc1)c1ccccc1. The monoisotopic (exact) mass is 321 g/mol. The molecule has 0 radical (unpaired) electrons. The van der Waals surface area contributed by atoms with Crippen molar-refractivity contribution in [1.29, 1.82) is 0 Å². The maximum atomic E-state index is 12.4. The van der Waals surface area contributed by atoms with Crippen LogP contribution in [0.25, 0.3) is 5.57 Å². The number of nitrogens with one attached hydrogen (secondary N) is 1. The molecule has 0 aliphatic rings. The summed E-state index contributed by atoms with van der Waals surface area (Å²) in [6.07, 6.45) is 5.43. The molecule has 0 saturated heterocycles. The number of amides is 1. The van der Waals surface area contributed by atoms with Crippen molar-refractivity contribution in [3.63, 3.8) is 0 Å². The van der Waals surface area contributed by atoms with Gasteiger partial charge >= 0.3 is 0 Å². The summed E-state index contributed by atoms with van der Waals surface area (Å²) in [5.41, 5.74) is 2.38. The third-order valence-corrected chi connectivity index (χ3v) is 3.88. The quantitative estimate of drug-likeness (QED) is 0.459. The number of allylic oxidation sites excluding steroid dienone is 3. The Hall–Kier alpha value is -2.52. The Labute approximate surface area is 141 Å². The van der Waals surface area contributed by atoms with Gasteiger partial charge in [-0.3, -0.25) is 9.52 Å². The van der Waals surface area contributed by atoms with E-state index < -0.39 is 0 Å². The first kappa shape index (κ1) is 16.8. The van der Waals surface area contributed by atoms with E-state index in [1.54, 1.807) is 12.2 Å². The zero-order valence-electron chi connectivity index (χ0n) is 13.0. The molecule has 1 amide bonds. The zero-order valence-corrected chi connectivity index (χ0v) is 13.8. The standard InChI is InChI=1S/C20H19NOS/c1-3-10-18(15-16(2)17-11-6-4-7-12-17)20(22)21-23-19-13-8-5-9-14-19/h3-15H,2H2,1H3,(H,21,22)/b10-3-,18-15+. The van der Waals surface area contributed by atoms with Gasteiger partial charge in [0.25, 0.3) is 5.91 Å². The second kappa shape index (κ2) is 8.81. The number of hydrogen-bond donors (Lipinski definition) is 1. The molecule has 0 aliphatic carbocycles. The van der Waals surface area contributed by atoms with Crippen LogP contribution in [0.15, 0.2) is 95.9 Å². The van der Waals surface area contributed by atoms with Crippen LogP contribution < -0.4 is 4.72 Å². The van der Waals surface area contributed by atoms with Gasteiger partial charge in [0.05, 0.1) is 0 Å². The normalized spacial score (nSPS) is 11.4. The van der Waals surface area contributed by atoms with Gasteiger partial charge in [-0.2, -0.15) is 0 Å². The molecule has 1 N–H and O–H groups in total. The second-order valence-electron chi connectivity index (χ2n) is 4.84. The van der Waals surface area contributed by atoms with Gasteiger partial charge < -0.3 is 0 Å². The molecule has 0 unspecified atom stereocenters. The summed E-state index contributed by atoms with van der Waals surface area (Å²) in [5.74, 6) is -0.144. The molecule has 3 heteroatoms. The molecule has 2 rings (SSSR count). The highest BCUT2D eigenvalue weighted by atomic mass is 32.2. The predicted octanol–water partition coefficient (Wildman–Crippen LogP) is 5.03. The van der Waals surface area contributed by atoms with Crippen molar-refractivity contribution >= 4 is 23.4 Å². The smallest absolute Gasteiger partial charge is 0.261 e. The molecule has 23 heavy (non-hydrogen) atoms. The van der Waals surface area contributed by atoms with Gasteiger partial charge in [-0.15, -0.1) is 0 Å². The fourth-order valence-electron chi connectivity index (χ4n) is 1.94. The topological polar surface area (TPSA) is 29.1 Å². The summed E-state index contributed by atoms with van der Waals surface area (Å²) in [6.45, 7) is 5.94. The largest absolute Gasteiger partial charge is 0.292 e. The lowest BCUT2D eigenvalue weighted by atomic mass is 10.0. The van der Waals surface area contributed by atoms with E-state index in [-0.39, 0.29) is 5.91 Å². The minimum atomic E-state index is -0.144. The lowest BCUT2D eigenvalue weighted by molar-refractivity contribution is -0.115. The van der Waals surface area contributed by atoms with Crippen molar-refractivity contribution in [2.75, 3.05) is 0 Å². The van der Waals surface area contributed by atoms with Gasteiger partial charge in [0, 0.05) is 10.5 Å². The van der Waals surface area contributed by atoms with Crippen molar-refractivity contribution in [1.82, 2.24) is 4.72 Å². The molecule has 0 aromatic heterocycles. The van der Waals surface area contributed by atoms with Gasteiger partial charge in [0.1, 0.15) is 0 Å². The van der Waals surface area contributed by atoms with Crippen molar-refractivity contribution in [2.45, 2.75) is 11.8 Å². The molecule has 0 aliphatic heterocycles. The van der Waals surface area contributed by atoms with Crippen LogP contribution in [0.2, 0.25) is 0 Å². The third kappa shape index (κ3) is 5.31. The van der Waals surface area contributed by atoms with Crippen LogP contribution in [0.1, 0.15) is 12.5 Å². The fourth-order valence-corrected chi connectivity index (χ4v) is 2.57. The van der Waals surface area contributed by atoms with Gasteiger partial charge in [-0.25, -0.2) is 0 Å². The summed E-state index contributed by atoms with van der Waals surface area (Å²) in [6, 6.07) is 19.5. The molecule has 2 nitrogen and oxygen atoms in total. The Kier molecular flexibility index (Phi) is 6.45. The molecule has 116 valence electrons. The van der Waals surface area contributed by atoms with Crippen molar-refractivity contribution in [3.05, 3.63) is 96.6 Å². The van der Waals surface area contributed by atoms with E-state index in [1.165, 1.54) is 11.9 Å². The fraction of sp³-hybridized carbons (Fsp3) is 0.0500. The highest BCUT2D eigenvalue weighted by molar-refractivity contribution is 7.98. The summed E-state index contributed by atoms with van der Waals surface area (Å²) >= 11 is 1.30. The third-order valence-electron chi connectivity index (χ3n) is 3.09. The van der Waals surface area contributed by atoms with Crippen molar-refractivity contribution in [2.24, 2.45) is 0 Å². The Balaban J connectivity index is 2.09. The Bertz CT molecular complexity index is 718. The van der Waals surface area contributed by atoms with Gasteiger partial charge in [0.2, 0.25) is 0 Å². The summed E-state index contributed by atoms with van der Waals surface area (Å²) in [7, 11) is 0. The van der Waals surface area contributed by atoms with Crippen LogP contribution in [0.3, 0.4) is 0 Å². The molecule has 0 atom stereocenters. The van der Waals surface area contributed by atoms with E-state index in [2.05, 4.69) is 11.3 Å². The molecule has 0 heterocycles. The van der Waals surface area contributed by atoms with Crippen LogP contribution in [0.4, 0.5) is 0 Å². The highest BCUT2D eigenvalue weighted by Gasteiger charge is 2.08. The predicted molar refractivity (Wildman–Crippen MR) is 98.8 cm³/mol. The molecule has 0 fully saturated rings. The molecular formula is C20H19NOS. The maximum Gasteiger partial charge on any atom is 0.261 e. The number of carbonyl (C=O) groups excluding carboxylic acids is 1. The second-order valence-corrected chi connectivity index (χ2v) is 5.72. The van der Waals surface area contributed by atoms with E-state index >= 15 is 0 Å². The molecule has 0 saturated carbocycles. The maximum absolute atomic E-state index is 12.4. The number of carbonyl (C=O) groups is 1. The first-order chi connectivity index (χ1) is 11.2. The number of hydrogen-bond acceptors (Lipinski definition) is 2. The van der Waals surface area contributed by atoms with Crippen LogP contribution in [0, 0.1) is 0 Å². The van der Waals surface area contributed by atoms with Gasteiger partial charge in [0.15, 0.2) is 0 Å². The lowest BCUT2D eigenvalue weighted by Gasteiger charge is -2.07. The van der Waals surface area contributed by atoms with Crippen LogP contribution in [0.5, 0.6) is 0 Å². The van der Waals surface area contributed by atoms with Gasteiger partial charge in [-0.05, 0) is 48.2 Å². The molecule has 2 aromatic carbocycles. The van der Waals surface area contributed by atoms with Crippen molar-refractivity contribution < 1.29 is 4.79 Å². The van der Waals surface area contributed by atoms with Crippen LogP contribution in [-0.4, -0.2) is 5.91 Å². The average Bonchev–Trinajstić information content (AvgIpc) is 2.61. The van der Waals surface area contributed by atoms with E-state index in [4.69, 9.17) is 0 Å². The van der Waals surface area contributed by atoms with E-state index in [0.29, 0.717) is 5.57 Å². The Morgan fingerprint density at radius 1 is 1.04 bits per heavy atom. The molecule has 0 bridgehead atoms. The summed E-state index contributed by atoms with van der Waals surface area (Å²) in [4.78, 5) is 13.4. The van der Waals surface area contributed by atoms with Crippen molar-refractivity contribution in [3.8, 4) is 0 Å². The minimum absolute atomic E-state index is 0.144. The minimum Gasteiger partial charge on any atom is -0.292 e. The Morgan fingerprint density at radius 2 is 1.65 bits per heavy atom. The van der Waals surface area contributed by atoms with E-state index in [0.717, 1.165) is 16.0 Å².